The van der Waals surface area contributed by atoms with Crippen molar-refractivity contribution in [2.45, 2.75) is 58.4 Å². The summed E-state index contributed by atoms with van der Waals surface area (Å²) in [5.74, 6) is 1.95. The number of H-pyrrole nitrogens is 2. The number of hydrogen-bond donors (Lipinski definition) is 3. The largest absolute Gasteiger partial charge is 0.348 e. The average Bonchev–Trinajstić information content (AvgIpc) is 3.54. The minimum Gasteiger partial charge on any atom is -0.348 e. The van der Waals surface area contributed by atoms with Crippen molar-refractivity contribution >= 4 is 28.0 Å². The lowest BCUT2D eigenvalue weighted by Gasteiger charge is -2.34. The van der Waals surface area contributed by atoms with E-state index in [0.29, 0.717) is 0 Å². The molecule has 1 unspecified atom stereocenters. The lowest BCUT2D eigenvalue weighted by molar-refractivity contribution is 0.153. The fourth-order valence-corrected chi connectivity index (χ4v) is 5.38. The highest BCUT2D eigenvalue weighted by molar-refractivity contribution is 8.93. The number of imidazole rings is 2. The number of nitrogens with zero attached hydrogens (tertiary/aromatic N) is 4. The Bertz CT molecular complexity index is 1440. The summed E-state index contributed by atoms with van der Waals surface area (Å²) in [7, 11) is 0. The molecule has 8 heteroatoms. The number of pyridine rings is 1. The van der Waals surface area contributed by atoms with Gasteiger partial charge in [-0.3, -0.25) is 9.88 Å². The van der Waals surface area contributed by atoms with Gasteiger partial charge in [-0.1, -0.05) is 42.5 Å². The molecule has 0 bridgehead atoms. The Balaban J connectivity index is 0.00000294. The van der Waals surface area contributed by atoms with E-state index in [2.05, 4.69) is 79.8 Å². The van der Waals surface area contributed by atoms with E-state index in [0.717, 1.165) is 67.4 Å². The van der Waals surface area contributed by atoms with Crippen molar-refractivity contribution in [1.82, 2.24) is 35.1 Å². The van der Waals surface area contributed by atoms with Crippen LogP contribution in [0.15, 0.2) is 73.1 Å². The second kappa shape index (κ2) is 12.0. The first-order valence-corrected chi connectivity index (χ1v) is 13.1. The van der Waals surface area contributed by atoms with Gasteiger partial charge in [0.2, 0.25) is 0 Å². The number of nitrogens with one attached hydrogen (secondary N) is 3. The molecule has 3 N–H and O–H groups in total. The Kier molecular flexibility index (Phi) is 8.32. The molecule has 3 heterocycles. The molecule has 0 saturated carbocycles. The molecule has 38 heavy (non-hydrogen) atoms. The molecule has 0 radical (unpaired) electrons. The van der Waals surface area contributed by atoms with E-state index < -0.39 is 0 Å². The summed E-state index contributed by atoms with van der Waals surface area (Å²) in [4.78, 5) is 23.4. The second-order valence-corrected chi connectivity index (χ2v) is 9.96. The van der Waals surface area contributed by atoms with Crippen molar-refractivity contribution in [3.8, 4) is 0 Å². The number of benzene rings is 2. The monoisotopic (exact) mass is 571 g/mol. The van der Waals surface area contributed by atoms with Crippen LogP contribution in [-0.2, 0) is 32.6 Å². The smallest absolute Gasteiger partial charge is 0.121 e. The van der Waals surface area contributed by atoms with Crippen LogP contribution in [0.25, 0.3) is 11.0 Å². The zero-order valence-corrected chi connectivity index (χ0v) is 23.4. The van der Waals surface area contributed by atoms with Crippen LogP contribution in [0.5, 0.6) is 0 Å². The number of halogens is 1. The second-order valence-electron chi connectivity index (χ2n) is 9.96. The number of aromatic nitrogens is 5. The third kappa shape index (κ3) is 6.04. The number of rotatable bonds is 9. The SMILES string of the molecule is Br.Cc1nc(CNCc2ccc(CN(Cc3nc4ccccc4[nH]3)C3CCCc4cccnc43)cc2)c[nH]1. The number of hydrogen-bond acceptors (Lipinski definition) is 5. The predicted octanol–water partition coefficient (Wildman–Crippen LogP) is 5.94. The molecule has 1 atom stereocenters. The molecule has 5 aromatic rings. The molecule has 1 aliphatic rings. The maximum atomic E-state index is 4.89. The molecule has 2 aromatic carbocycles. The highest BCUT2D eigenvalue weighted by Crippen LogP contribution is 2.34. The molecule has 0 saturated heterocycles. The Morgan fingerprint density at radius 1 is 0.947 bits per heavy atom. The van der Waals surface area contributed by atoms with Crippen LogP contribution in [0.2, 0.25) is 0 Å². The fourth-order valence-electron chi connectivity index (χ4n) is 5.38. The summed E-state index contributed by atoms with van der Waals surface area (Å²) in [6.07, 6.45) is 7.29. The van der Waals surface area contributed by atoms with E-state index in [1.807, 2.05) is 25.4 Å². The Hall–Kier alpha value is -3.33. The van der Waals surface area contributed by atoms with Gasteiger partial charge in [0.15, 0.2) is 0 Å². The maximum absolute atomic E-state index is 4.89. The van der Waals surface area contributed by atoms with Crippen molar-refractivity contribution in [2.75, 3.05) is 0 Å². The highest BCUT2D eigenvalue weighted by Gasteiger charge is 2.28. The van der Waals surface area contributed by atoms with E-state index in [4.69, 9.17) is 9.97 Å². The van der Waals surface area contributed by atoms with Gasteiger partial charge in [0.05, 0.1) is 35.0 Å². The van der Waals surface area contributed by atoms with Crippen LogP contribution in [0, 0.1) is 6.92 Å². The van der Waals surface area contributed by atoms with Crippen LogP contribution in [0.1, 0.15) is 58.6 Å². The zero-order valence-electron chi connectivity index (χ0n) is 21.7. The summed E-state index contributed by atoms with van der Waals surface area (Å²) in [5.41, 5.74) is 8.30. The van der Waals surface area contributed by atoms with Crippen LogP contribution in [0.3, 0.4) is 0 Å². The summed E-state index contributed by atoms with van der Waals surface area (Å²) in [6, 6.07) is 21.8. The summed E-state index contributed by atoms with van der Waals surface area (Å²) < 4.78 is 0. The molecule has 6 rings (SSSR count). The van der Waals surface area contributed by atoms with Crippen molar-refractivity contribution < 1.29 is 0 Å². The number of para-hydroxylation sites is 2. The summed E-state index contributed by atoms with van der Waals surface area (Å²) in [6.45, 7) is 5.14. The van der Waals surface area contributed by atoms with Gasteiger partial charge in [0.25, 0.3) is 0 Å². The third-order valence-electron chi connectivity index (χ3n) is 7.20. The van der Waals surface area contributed by atoms with Gasteiger partial charge >= 0.3 is 0 Å². The topological polar surface area (TPSA) is 85.5 Å². The Morgan fingerprint density at radius 3 is 2.61 bits per heavy atom. The molecule has 7 nitrogen and oxygen atoms in total. The van der Waals surface area contributed by atoms with E-state index in [9.17, 15) is 0 Å². The van der Waals surface area contributed by atoms with E-state index in [1.165, 1.54) is 28.8 Å². The quantitative estimate of drug-likeness (QED) is 0.204. The molecule has 1 aliphatic carbocycles. The van der Waals surface area contributed by atoms with Gasteiger partial charge in [-0.25, -0.2) is 9.97 Å². The zero-order chi connectivity index (χ0) is 25.0. The minimum absolute atomic E-state index is 0. The van der Waals surface area contributed by atoms with E-state index in [1.54, 1.807) is 0 Å². The van der Waals surface area contributed by atoms with Crippen molar-refractivity contribution in [2.24, 2.45) is 0 Å². The predicted molar refractivity (Wildman–Crippen MR) is 156 cm³/mol. The Morgan fingerprint density at radius 2 is 1.79 bits per heavy atom. The molecule has 0 fully saturated rings. The standard InChI is InChI=1S/C30H33N7.BrH/c1-21-33-18-25(34-21)17-31-16-22-11-13-23(14-12-22)19-37(20-29-35-26-8-2-3-9-27(26)36-29)28-10-4-6-24-7-5-15-32-30(24)28;/h2-3,5,7-9,11-15,18,28,31H,4,6,10,16-17,19-20H2,1H3,(H,33,34)(H,35,36);1H. The van der Waals surface area contributed by atoms with Crippen molar-refractivity contribution in [1.29, 1.82) is 0 Å². The lowest BCUT2D eigenvalue weighted by atomic mass is 9.90. The summed E-state index contributed by atoms with van der Waals surface area (Å²) >= 11 is 0. The number of aryl methyl sites for hydroxylation is 2. The molecule has 0 spiro atoms. The first-order chi connectivity index (χ1) is 18.2. The van der Waals surface area contributed by atoms with Crippen LogP contribution >= 0.6 is 17.0 Å². The van der Waals surface area contributed by atoms with Gasteiger partial charge in [0, 0.05) is 32.0 Å². The molecule has 3 aromatic heterocycles. The van der Waals surface area contributed by atoms with E-state index >= 15 is 0 Å². The van der Waals surface area contributed by atoms with Crippen molar-refractivity contribution in [3.05, 3.63) is 113 Å². The lowest BCUT2D eigenvalue weighted by Crippen LogP contribution is -2.31. The molecular weight excluding hydrogens is 538 g/mol. The normalized spacial score (nSPS) is 14.9. The average molecular weight is 573 g/mol. The van der Waals surface area contributed by atoms with Crippen LogP contribution < -0.4 is 5.32 Å². The van der Waals surface area contributed by atoms with Crippen molar-refractivity contribution in [3.63, 3.8) is 0 Å². The molecule has 196 valence electrons. The van der Waals surface area contributed by atoms with Gasteiger partial charge in [-0.05, 0) is 61.1 Å². The number of aromatic amines is 2. The van der Waals surface area contributed by atoms with Gasteiger partial charge in [-0.15, -0.1) is 17.0 Å². The maximum Gasteiger partial charge on any atom is 0.121 e. The van der Waals surface area contributed by atoms with Gasteiger partial charge in [-0.2, -0.15) is 0 Å². The molecule has 0 aliphatic heterocycles. The van der Waals surface area contributed by atoms with Crippen LogP contribution in [0.4, 0.5) is 0 Å². The number of fused-ring (bicyclic) bond motifs is 2. The summed E-state index contributed by atoms with van der Waals surface area (Å²) in [5, 5.41) is 3.49. The first kappa shape index (κ1) is 26.3. The van der Waals surface area contributed by atoms with E-state index in [-0.39, 0.29) is 23.0 Å². The van der Waals surface area contributed by atoms with Crippen LogP contribution in [-0.4, -0.2) is 29.8 Å². The molecular formula is C30H34BrN7. The van der Waals surface area contributed by atoms with Gasteiger partial charge in [0.1, 0.15) is 11.6 Å². The van der Waals surface area contributed by atoms with Gasteiger partial charge < -0.3 is 15.3 Å². The third-order valence-corrected chi connectivity index (χ3v) is 7.20. The first-order valence-electron chi connectivity index (χ1n) is 13.1. The molecule has 0 amide bonds. The Labute approximate surface area is 233 Å². The highest BCUT2D eigenvalue weighted by atomic mass is 79.9. The fraction of sp³-hybridized carbons (Fsp3) is 0.300. The minimum atomic E-state index is 0.